The first-order chi connectivity index (χ1) is 12.7. The Kier molecular flexibility index (Phi) is 8.88. The SMILES string of the molecule is CCOC(CCNC(=NC)NCCc1nnc2n1CCCCC2)C(C)C. The Morgan fingerprint density at radius 3 is 2.73 bits per heavy atom. The molecule has 0 fully saturated rings. The van der Waals surface area contributed by atoms with Crippen molar-refractivity contribution in [1.82, 2.24) is 25.4 Å². The van der Waals surface area contributed by atoms with Crippen LogP contribution in [-0.4, -0.2) is 53.6 Å². The molecule has 0 amide bonds. The highest BCUT2D eigenvalue weighted by atomic mass is 16.5. The number of hydrogen-bond acceptors (Lipinski definition) is 4. The van der Waals surface area contributed by atoms with Gasteiger partial charge in [-0.2, -0.15) is 0 Å². The van der Waals surface area contributed by atoms with Crippen molar-refractivity contribution in [3.05, 3.63) is 11.6 Å². The normalized spacial score (nSPS) is 16.3. The number of aliphatic imine (C=N–C) groups is 1. The first-order valence-electron chi connectivity index (χ1n) is 10.1. The van der Waals surface area contributed by atoms with Gasteiger partial charge in [0.15, 0.2) is 5.96 Å². The van der Waals surface area contributed by atoms with Crippen LogP contribution in [0.1, 0.15) is 58.1 Å². The summed E-state index contributed by atoms with van der Waals surface area (Å²) in [5.41, 5.74) is 0. The van der Waals surface area contributed by atoms with Gasteiger partial charge in [0.1, 0.15) is 11.6 Å². The predicted octanol–water partition coefficient (Wildman–Crippen LogP) is 2.16. The number of hydrogen-bond donors (Lipinski definition) is 2. The van der Waals surface area contributed by atoms with Crippen molar-refractivity contribution in [1.29, 1.82) is 0 Å². The average Bonchev–Trinajstić information content (AvgIpc) is 2.86. The molecular formula is C19H36N6O. The van der Waals surface area contributed by atoms with Crippen LogP contribution in [0, 0.1) is 5.92 Å². The second kappa shape index (κ2) is 11.2. The lowest BCUT2D eigenvalue weighted by Gasteiger charge is -2.21. The summed E-state index contributed by atoms with van der Waals surface area (Å²) in [6, 6.07) is 0. The van der Waals surface area contributed by atoms with E-state index in [1.54, 1.807) is 7.05 Å². The van der Waals surface area contributed by atoms with E-state index in [9.17, 15) is 0 Å². The summed E-state index contributed by atoms with van der Waals surface area (Å²) in [6.07, 6.45) is 6.93. The summed E-state index contributed by atoms with van der Waals surface area (Å²) >= 11 is 0. The van der Waals surface area contributed by atoms with Crippen LogP contribution in [0.3, 0.4) is 0 Å². The maximum absolute atomic E-state index is 5.79. The van der Waals surface area contributed by atoms with E-state index in [2.05, 4.69) is 51.2 Å². The van der Waals surface area contributed by atoms with Gasteiger partial charge in [0.05, 0.1) is 6.10 Å². The van der Waals surface area contributed by atoms with Gasteiger partial charge in [0, 0.05) is 46.1 Å². The fourth-order valence-electron chi connectivity index (χ4n) is 3.40. The third-order valence-corrected chi connectivity index (χ3v) is 4.90. The molecule has 1 atom stereocenters. The van der Waals surface area contributed by atoms with Crippen LogP contribution < -0.4 is 10.6 Å². The predicted molar refractivity (Wildman–Crippen MR) is 106 cm³/mol. The molecule has 0 aromatic carbocycles. The van der Waals surface area contributed by atoms with E-state index in [0.717, 1.165) is 63.1 Å². The molecule has 0 bridgehead atoms. The minimum absolute atomic E-state index is 0.289. The minimum Gasteiger partial charge on any atom is -0.378 e. The molecule has 7 heteroatoms. The maximum atomic E-state index is 5.79. The second-order valence-corrected chi connectivity index (χ2v) is 7.20. The molecule has 0 saturated heterocycles. The molecule has 2 N–H and O–H groups in total. The van der Waals surface area contributed by atoms with Crippen molar-refractivity contribution in [3.8, 4) is 0 Å². The molecular weight excluding hydrogens is 328 g/mol. The highest BCUT2D eigenvalue weighted by Gasteiger charge is 2.15. The molecule has 7 nitrogen and oxygen atoms in total. The van der Waals surface area contributed by atoms with Crippen molar-refractivity contribution in [2.24, 2.45) is 10.9 Å². The van der Waals surface area contributed by atoms with Crippen LogP contribution in [0.4, 0.5) is 0 Å². The molecule has 0 radical (unpaired) electrons. The van der Waals surface area contributed by atoms with Gasteiger partial charge >= 0.3 is 0 Å². The van der Waals surface area contributed by atoms with E-state index in [-0.39, 0.29) is 6.10 Å². The first kappa shape index (κ1) is 20.7. The molecule has 1 aromatic heterocycles. The summed E-state index contributed by atoms with van der Waals surface area (Å²) in [4.78, 5) is 4.31. The van der Waals surface area contributed by atoms with Gasteiger partial charge < -0.3 is 19.9 Å². The Morgan fingerprint density at radius 1 is 1.19 bits per heavy atom. The number of ether oxygens (including phenoxy) is 1. The number of nitrogens with zero attached hydrogens (tertiary/aromatic N) is 4. The van der Waals surface area contributed by atoms with E-state index in [1.165, 1.54) is 19.3 Å². The maximum Gasteiger partial charge on any atom is 0.190 e. The Morgan fingerprint density at radius 2 is 2.00 bits per heavy atom. The topological polar surface area (TPSA) is 76.4 Å². The Hall–Kier alpha value is -1.63. The van der Waals surface area contributed by atoms with Gasteiger partial charge in [0.2, 0.25) is 0 Å². The molecule has 0 saturated carbocycles. The fourth-order valence-corrected chi connectivity index (χ4v) is 3.40. The molecule has 0 spiro atoms. The molecule has 1 aromatic rings. The van der Waals surface area contributed by atoms with Gasteiger partial charge in [-0.1, -0.05) is 20.3 Å². The van der Waals surface area contributed by atoms with Crippen molar-refractivity contribution in [3.63, 3.8) is 0 Å². The van der Waals surface area contributed by atoms with Crippen molar-refractivity contribution in [2.75, 3.05) is 26.7 Å². The van der Waals surface area contributed by atoms with Gasteiger partial charge in [-0.05, 0) is 32.1 Å². The monoisotopic (exact) mass is 364 g/mol. The molecule has 1 aliphatic rings. The van der Waals surface area contributed by atoms with Crippen molar-refractivity contribution >= 4 is 5.96 Å². The molecule has 26 heavy (non-hydrogen) atoms. The van der Waals surface area contributed by atoms with Gasteiger partial charge in [-0.25, -0.2) is 0 Å². The first-order valence-corrected chi connectivity index (χ1v) is 10.1. The van der Waals surface area contributed by atoms with E-state index < -0.39 is 0 Å². The molecule has 1 unspecified atom stereocenters. The lowest BCUT2D eigenvalue weighted by Crippen LogP contribution is -2.40. The lowest BCUT2D eigenvalue weighted by molar-refractivity contribution is 0.0258. The van der Waals surface area contributed by atoms with Crippen LogP contribution in [0.2, 0.25) is 0 Å². The van der Waals surface area contributed by atoms with E-state index in [1.807, 2.05) is 0 Å². The molecule has 1 aliphatic heterocycles. The van der Waals surface area contributed by atoms with E-state index >= 15 is 0 Å². The van der Waals surface area contributed by atoms with Crippen LogP contribution in [0.15, 0.2) is 4.99 Å². The van der Waals surface area contributed by atoms with Gasteiger partial charge in [0.25, 0.3) is 0 Å². The summed E-state index contributed by atoms with van der Waals surface area (Å²) in [7, 11) is 1.81. The third-order valence-electron chi connectivity index (χ3n) is 4.90. The van der Waals surface area contributed by atoms with Crippen molar-refractivity contribution in [2.45, 2.75) is 71.9 Å². The number of aromatic nitrogens is 3. The fraction of sp³-hybridized carbons (Fsp3) is 0.842. The highest BCUT2D eigenvalue weighted by Crippen LogP contribution is 2.14. The zero-order valence-corrected chi connectivity index (χ0v) is 16.9. The minimum atomic E-state index is 0.289. The van der Waals surface area contributed by atoms with Gasteiger partial charge in [-0.15, -0.1) is 10.2 Å². The number of nitrogens with one attached hydrogen (secondary N) is 2. The second-order valence-electron chi connectivity index (χ2n) is 7.20. The van der Waals surface area contributed by atoms with E-state index in [0.29, 0.717) is 5.92 Å². The van der Waals surface area contributed by atoms with Crippen LogP contribution >= 0.6 is 0 Å². The van der Waals surface area contributed by atoms with Crippen LogP contribution in [0.25, 0.3) is 0 Å². The summed E-state index contributed by atoms with van der Waals surface area (Å²) in [6.45, 7) is 9.93. The number of guanidine groups is 1. The molecule has 2 heterocycles. The number of aryl methyl sites for hydroxylation is 1. The van der Waals surface area contributed by atoms with Crippen molar-refractivity contribution < 1.29 is 4.74 Å². The third kappa shape index (κ3) is 6.27. The standard InChI is InChI=1S/C19H36N6O/c1-5-26-16(15(2)3)10-12-21-19(20-4)22-13-11-18-24-23-17-9-7-6-8-14-25(17)18/h15-16H,5-14H2,1-4H3,(H2,20,21,22). The number of fused-ring (bicyclic) bond motifs is 1. The van der Waals surface area contributed by atoms with Crippen LogP contribution in [0.5, 0.6) is 0 Å². The summed E-state index contributed by atoms with van der Waals surface area (Å²) in [5, 5.41) is 15.5. The summed E-state index contributed by atoms with van der Waals surface area (Å²) in [5.74, 6) is 3.59. The zero-order valence-electron chi connectivity index (χ0n) is 16.9. The van der Waals surface area contributed by atoms with E-state index in [4.69, 9.17) is 4.74 Å². The van der Waals surface area contributed by atoms with Crippen LogP contribution in [-0.2, 0) is 24.1 Å². The quantitative estimate of drug-likeness (QED) is 0.519. The lowest BCUT2D eigenvalue weighted by atomic mass is 10.0. The average molecular weight is 365 g/mol. The summed E-state index contributed by atoms with van der Waals surface area (Å²) < 4.78 is 8.10. The Labute approximate surface area is 158 Å². The Balaban J connectivity index is 1.73. The molecule has 0 aliphatic carbocycles. The number of rotatable bonds is 9. The molecule has 2 rings (SSSR count). The largest absolute Gasteiger partial charge is 0.378 e. The Bertz CT molecular complexity index is 554. The zero-order chi connectivity index (χ0) is 18.8. The molecule has 148 valence electrons. The van der Waals surface area contributed by atoms with Gasteiger partial charge in [-0.3, -0.25) is 4.99 Å². The highest BCUT2D eigenvalue weighted by molar-refractivity contribution is 5.79. The smallest absolute Gasteiger partial charge is 0.190 e.